The van der Waals surface area contributed by atoms with Crippen LogP contribution < -0.4 is 4.74 Å². The summed E-state index contributed by atoms with van der Waals surface area (Å²) in [6.07, 6.45) is 3.01. The largest absolute Gasteiger partial charge is 0.482 e. The van der Waals surface area contributed by atoms with Gasteiger partial charge in [0, 0.05) is 6.08 Å². The zero-order valence-electron chi connectivity index (χ0n) is 11.6. The Morgan fingerprint density at radius 3 is 2.30 bits per heavy atom. The summed E-state index contributed by atoms with van der Waals surface area (Å²) in [4.78, 5) is 22.2. The minimum atomic E-state index is -0.404. The summed E-state index contributed by atoms with van der Waals surface area (Å²) < 4.78 is 14.8. The molecule has 0 unspecified atom stereocenters. The molecule has 5 nitrogen and oxygen atoms in total. The second-order valence-corrected chi connectivity index (χ2v) is 3.75. The minimum absolute atomic E-state index is 0.119. The van der Waals surface area contributed by atoms with Crippen LogP contribution in [0.15, 0.2) is 30.3 Å². The molecule has 0 N–H and O–H groups in total. The maximum Gasteiger partial charge on any atom is 0.344 e. The zero-order valence-corrected chi connectivity index (χ0v) is 11.6. The Morgan fingerprint density at radius 1 is 1.05 bits per heavy atom. The lowest BCUT2D eigenvalue weighted by atomic mass is 10.2. The fourth-order valence-corrected chi connectivity index (χ4v) is 1.37. The molecule has 0 fully saturated rings. The van der Waals surface area contributed by atoms with Crippen LogP contribution in [0.25, 0.3) is 6.08 Å². The first-order chi connectivity index (χ1) is 9.65. The predicted octanol–water partition coefficient (Wildman–Crippen LogP) is 2.20. The van der Waals surface area contributed by atoms with Gasteiger partial charge >= 0.3 is 11.9 Å². The molecule has 108 valence electrons. The average molecular weight is 278 g/mol. The molecule has 0 aliphatic heterocycles. The minimum Gasteiger partial charge on any atom is -0.482 e. The number of esters is 2. The molecule has 0 radical (unpaired) electrons. The Hall–Kier alpha value is -2.30. The lowest BCUT2D eigenvalue weighted by Gasteiger charge is -2.05. The fraction of sp³-hybridized carbons (Fsp3) is 0.333. The smallest absolute Gasteiger partial charge is 0.344 e. The van der Waals surface area contributed by atoms with Crippen LogP contribution in [0.1, 0.15) is 19.4 Å². The molecule has 0 aromatic heterocycles. The molecule has 0 heterocycles. The second-order valence-electron chi connectivity index (χ2n) is 3.75. The molecular formula is C15H18O5. The number of rotatable bonds is 7. The number of carbonyl (C=O) groups excluding carboxylic acids is 2. The summed E-state index contributed by atoms with van der Waals surface area (Å²) in [7, 11) is 0. The van der Waals surface area contributed by atoms with E-state index in [0.29, 0.717) is 19.0 Å². The van der Waals surface area contributed by atoms with E-state index in [-0.39, 0.29) is 12.6 Å². The van der Waals surface area contributed by atoms with Gasteiger partial charge < -0.3 is 14.2 Å². The average Bonchev–Trinajstić information content (AvgIpc) is 2.45. The van der Waals surface area contributed by atoms with Crippen LogP contribution in [0.5, 0.6) is 5.75 Å². The van der Waals surface area contributed by atoms with Gasteiger partial charge in [-0.3, -0.25) is 0 Å². The number of carbonyl (C=O) groups is 2. The van der Waals surface area contributed by atoms with E-state index in [4.69, 9.17) is 14.2 Å². The maximum atomic E-state index is 11.1. The molecule has 0 aliphatic rings. The molecular weight excluding hydrogens is 260 g/mol. The molecule has 0 amide bonds. The van der Waals surface area contributed by atoms with Gasteiger partial charge in [-0.05, 0) is 37.6 Å². The monoisotopic (exact) mass is 278 g/mol. The van der Waals surface area contributed by atoms with Crippen molar-refractivity contribution in [3.8, 4) is 5.75 Å². The summed E-state index contributed by atoms with van der Waals surface area (Å²) in [5, 5.41) is 0. The third-order valence-electron chi connectivity index (χ3n) is 2.24. The van der Waals surface area contributed by atoms with Crippen LogP contribution in [0.3, 0.4) is 0 Å². The Morgan fingerprint density at radius 2 is 1.70 bits per heavy atom. The molecule has 5 heteroatoms. The normalized spacial score (nSPS) is 10.3. The van der Waals surface area contributed by atoms with Gasteiger partial charge in [0.2, 0.25) is 0 Å². The maximum absolute atomic E-state index is 11.1. The predicted molar refractivity (Wildman–Crippen MR) is 74.2 cm³/mol. The van der Waals surface area contributed by atoms with Gasteiger partial charge in [-0.25, -0.2) is 9.59 Å². The summed E-state index contributed by atoms with van der Waals surface area (Å²) >= 11 is 0. The van der Waals surface area contributed by atoms with Crippen molar-refractivity contribution in [2.45, 2.75) is 13.8 Å². The molecule has 0 saturated carbocycles. The number of ether oxygens (including phenoxy) is 3. The van der Waals surface area contributed by atoms with E-state index in [1.165, 1.54) is 6.08 Å². The molecule has 1 aromatic rings. The Kier molecular flexibility index (Phi) is 6.89. The topological polar surface area (TPSA) is 61.8 Å². The molecule has 1 aromatic carbocycles. The first-order valence-electron chi connectivity index (χ1n) is 6.39. The highest BCUT2D eigenvalue weighted by atomic mass is 16.6. The number of hydrogen-bond donors (Lipinski definition) is 0. The molecule has 0 aliphatic carbocycles. The van der Waals surface area contributed by atoms with Crippen molar-refractivity contribution in [1.29, 1.82) is 0 Å². The van der Waals surface area contributed by atoms with Crippen molar-refractivity contribution in [3.05, 3.63) is 35.9 Å². The number of hydrogen-bond acceptors (Lipinski definition) is 5. The van der Waals surface area contributed by atoms with Crippen LogP contribution in [-0.2, 0) is 19.1 Å². The van der Waals surface area contributed by atoms with E-state index in [0.717, 1.165) is 5.56 Å². The van der Waals surface area contributed by atoms with Crippen molar-refractivity contribution in [2.75, 3.05) is 19.8 Å². The fourth-order valence-electron chi connectivity index (χ4n) is 1.37. The lowest BCUT2D eigenvalue weighted by Crippen LogP contribution is -2.14. The molecule has 0 spiro atoms. The first-order valence-corrected chi connectivity index (χ1v) is 6.39. The van der Waals surface area contributed by atoms with Gasteiger partial charge in [-0.2, -0.15) is 0 Å². The zero-order chi connectivity index (χ0) is 14.8. The van der Waals surface area contributed by atoms with Crippen molar-refractivity contribution < 1.29 is 23.8 Å². The van der Waals surface area contributed by atoms with Gasteiger partial charge in [0.05, 0.1) is 13.2 Å². The van der Waals surface area contributed by atoms with Crippen LogP contribution in [0.2, 0.25) is 0 Å². The molecule has 0 atom stereocenters. The van der Waals surface area contributed by atoms with Gasteiger partial charge in [0.25, 0.3) is 0 Å². The summed E-state index contributed by atoms with van der Waals surface area (Å²) in [6.45, 7) is 4.06. The van der Waals surface area contributed by atoms with Crippen molar-refractivity contribution in [2.24, 2.45) is 0 Å². The third kappa shape index (κ3) is 6.04. The highest BCUT2D eigenvalue weighted by molar-refractivity contribution is 5.87. The number of benzene rings is 1. The van der Waals surface area contributed by atoms with Crippen molar-refractivity contribution in [1.82, 2.24) is 0 Å². The van der Waals surface area contributed by atoms with Crippen molar-refractivity contribution >= 4 is 18.0 Å². The molecule has 0 saturated heterocycles. The van der Waals surface area contributed by atoms with Gasteiger partial charge in [0.1, 0.15) is 5.75 Å². The Balaban J connectivity index is 2.48. The molecule has 1 rings (SSSR count). The van der Waals surface area contributed by atoms with Crippen LogP contribution in [-0.4, -0.2) is 31.8 Å². The lowest BCUT2D eigenvalue weighted by molar-refractivity contribution is -0.145. The van der Waals surface area contributed by atoms with Crippen LogP contribution in [0.4, 0.5) is 0 Å². The summed E-state index contributed by atoms with van der Waals surface area (Å²) in [6, 6.07) is 6.97. The van der Waals surface area contributed by atoms with E-state index >= 15 is 0 Å². The van der Waals surface area contributed by atoms with Gasteiger partial charge in [-0.15, -0.1) is 0 Å². The third-order valence-corrected chi connectivity index (χ3v) is 2.24. The Bertz CT molecular complexity index is 462. The molecule has 20 heavy (non-hydrogen) atoms. The van der Waals surface area contributed by atoms with Gasteiger partial charge in [0.15, 0.2) is 6.61 Å². The van der Waals surface area contributed by atoms with Gasteiger partial charge in [-0.1, -0.05) is 12.1 Å². The highest BCUT2D eigenvalue weighted by Gasteiger charge is 2.02. The quantitative estimate of drug-likeness (QED) is 0.565. The van der Waals surface area contributed by atoms with Crippen molar-refractivity contribution in [3.63, 3.8) is 0 Å². The molecule has 0 bridgehead atoms. The van der Waals surface area contributed by atoms with Crippen LogP contribution >= 0.6 is 0 Å². The van der Waals surface area contributed by atoms with E-state index in [1.807, 2.05) is 0 Å². The van der Waals surface area contributed by atoms with E-state index < -0.39 is 5.97 Å². The SMILES string of the molecule is CCOC(=O)C=Cc1ccc(OCC(=O)OCC)cc1. The highest BCUT2D eigenvalue weighted by Crippen LogP contribution is 2.13. The van der Waals surface area contributed by atoms with Crippen LogP contribution in [0, 0.1) is 0 Å². The van der Waals surface area contributed by atoms with E-state index in [1.54, 1.807) is 44.2 Å². The Labute approximate surface area is 118 Å². The first kappa shape index (κ1) is 15.8. The van der Waals surface area contributed by atoms with E-state index in [2.05, 4.69) is 0 Å². The standard InChI is InChI=1S/C15H18O5/c1-3-18-14(16)10-7-12-5-8-13(9-6-12)20-11-15(17)19-4-2/h5-10H,3-4,11H2,1-2H3. The summed E-state index contributed by atoms with van der Waals surface area (Å²) in [5.41, 5.74) is 0.835. The summed E-state index contributed by atoms with van der Waals surface area (Å²) in [5.74, 6) is -0.222. The second kappa shape index (κ2) is 8.74. The van der Waals surface area contributed by atoms with E-state index in [9.17, 15) is 9.59 Å².